The fourth-order valence-electron chi connectivity index (χ4n) is 2.73. The topological polar surface area (TPSA) is 69.4 Å². The molecule has 1 heterocycles. The van der Waals surface area contributed by atoms with Crippen LogP contribution in [0.15, 0.2) is 18.2 Å². The van der Waals surface area contributed by atoms with Gasteiger partial charge in [-0.2, -0.15) is 0 Å². The Bertz CT molecular complexity index is 562. The van der Waals surface area contributed by atoms with Gasteiger partial charge in [0.1, 0.15) is 0 Å². The average Bonchev–Trinajstić information content (AvgIpc) is 2.79. The lowest BCUT2D eigenvalue weighted by atomic mass is 10.0. The first-order valence-corrected chi connectivity index (χ1v) is 8.84. The van der Waals surface area contributed by atoms with Crippen molar-refractivity contribution in [2.75, 3.05) is 18.1 Å². The molecule has 1 saturated heterocycles. The van der Waals surface area contributed by atoms with Crippen LogP contribution in [0.5, 0.6) is 0 Å². The van der Waals surface area contributed by atoms with E-state index in [4.69, 9.17) is 10.5 Å². The summed E-state index contributed by atoms with van der Waals surface area (Å²) in [6.45, 7) is 4.65. The highest BCUT2D eigenvalue weighted by atomic mass is 32.2. The zero-order chi connectivity index (χ0) is 14.8. The largest absolute Gasteiger partial charge is 0.377 e. The van der Waals surface area contributed by atoms with Gasteiger partial charge in [0, 0.05) is 12.6 Å². The van der Waals surface area contributed by atoms with Crippen molar-refractivity contribution in [1.29, 1.82) is 0 Å². The molecular formula is C15H23NO3S. The molecule has 2 unspecified atom stereocenters. The fraction of sp³-hybridized carbons (Fsp3) is 0.600. The molecule has 0 aromatic heterocycles. The third kappa shape index (κ3) is 4.04. The summed E-state index contributed by atoms with van der Waals surface area (Å²) in [4.78, 5) is 0. The van der Waals surface area contributed by atoms with E-state index in [0.29, 0.717) is 6.61 Å². The normalized spacial score (nSPS) is 21.1. The van der Waals surface area contributed by atoms with Gasteiger partial charge in [0.05, 0.1) is 17.6 Å². The van der Waals surface area contributed by atoms with Gasteiger partial charge in [-0.1, -0.05) is 23.8 Å². The second-order valence-corrected chi connectivity index (χ2v) is 7.83. The third-order valence-electron chi connectivity index (χ3n) is 3.72. The molecule has 2 rings (SSSR count). The molecule has 4 nitrogen and oxygen atoms in total. The van der Waals surface area contributed by atoms with Crippen LogP contribution in [-0.2, 0) is 14.6 Å². The Kier molecular flexibility index (Phi) is 4.83. The first-order valence-electron chi connectivity index (χ1n) is 7.02. The molecule has 1 aromatic rings. The predicted molar refractivity (Wildman–Crippen MR) is 80.5 cm³/mol. The second-order valence-electron chi connectivity index (χ2n) is 5.68. The highest BCUT2D eigenvalue weighted by Gasteiger charge is 2.25. The molecule has 0 radical (unpaired) electrons. The third-order valence-corrected chi connectivity index (χ3v) is 5.47. The van der Waals surface area contributed by atoms with Crippen LogP contribution in [0.4, 0.5) is 0 Å². The Morgan fingerprint density at radius 2 is 2.15 bits per heavy atom. The Morgan fingerprint density at radius 3 is 2.75 bits per heavy atom. The Balaban J connectivity index is 2.04. The second kappa shape index (κ2) is 6.24. The van der Waals surface area contributed by atoms with E-state index in [9.17, 15) is 8.42 Å². The van der Waals surface area contributed by atoms with Crippen LogP contribution < -0.4 is 5.73 Å². The van der Waals surface area contributed by atoms with Gasteiger partial charge in [-0.05, 0) is 37.8 Å². The van der Waals surface area contributed by atoms with E-state index < -0.39 is 15.9 Å². The summed E-state index contributed by atoms with van der Waals surface area (Å²) < 4.78 is 29.8. The van der Waals surface area contributed by atoms with Crippen molar-refractivity contribution in [2.24, 2.45) is 5.73 Å². The first-order chi connectivity index (χ1) is 9.37. The molecule has 1 aliphatic rings. The first kappa shape index (κ1) is 15.5. The standard InChI is InChI=1S/C15H23NO3S/c1-11-5-6-14(12(2)8-11)15(16)10-20(17,18)9-13-4-3-7-19-13/h5-6,8,13,15H,3-4,7,9-10,16H2,1-2H3. The summed E-state index contributed by atoms with van der Waals surface area (Å²) in [5.74, 6) is 0.0718. The SMILES string of the molecule is Cc1ccc(C(N)CS(=O)(=O)CC2CCCO2)c(C)c1. The van der Waals surface area contributed by atoms with Crippen LogP contribution >= 0.6 is 0 Å². The van der Waals surface area contributed by atoms with Crippen molar-refractivity contribution in [3.8, 4) is 0 Å². The van der Waals surface area contributed by atoms with Gasteiger partial charge in [0.2, 0.25) is 0 Å². The monoisotopic (exact) mass is 297 g/mol. The Hall–Kier alpha value is -0.910. The number of rotatable bonds is 5. The predicted octanol–water partition coefficient (Wildman–Crippen LogP) is 1.90. The maximum Gasteiger partial charge on any atom is 0.154 e. The van der Waals surface area contributed by atoms with E-state index in [1.54, 1.807) is 0 Å². The van der Waals surface area contributed by atoms with Crippen molar-refractivity contribution >= 4 is 9.84 Å². The van der Waals surface area contributed by atoms with Crippen LogP contribution in [0.25, 0.3) is 0 Å². The van der Waals surface area contributed by atoms with Gasteiger partial charge in [-0.15, -0.1) is 0 Å². The molecule has 2 atom stereocenters. The number of hydrogen-bond acceptors (Lipinski definition) is 4. The van der Waals surface area contributed by atoms with Crippen LogP contribution in [-0.4, -0.2) is 32.6 Å². The van der Waals surface area contributed by atoms with Gasteiger partial charge in [-0.3, -0.25) is 0 Å². The zero-order valence-corrected chi connectivity index (χ0v) is 12.9. The van der Waals surface area contributed by atoms with Gasteiger partial charge in [-0.25, -0.2) is 8.42 Å². The summed E-state index contributed by atoms with van der Waals surface area (Å²) in [5, 5.41) is 0. The number of hydrogen-bond donors (Lipinski definition) is 1. The van der Waals surface area contributed by atoms with E-state index in [2.05, 4.69) is 0 Å². The molecular weight excluding hydrogens is 274 g/mol. The van der Waals surface area contributed by atoms with Crippen molar-refractivity contribution in [1.82, 2.24) is 0 Å². The van der Waals surface area contributed by atoms with E-state index in [0.717, 1.165) is 29.5 Å². The average molecular weight is 297 g/mol. The van der Waals surface area contributed by atoms with Crippen LogP contribution in [0, 0.1) is 13.8 Å². The molecule has 2 N–H and O–H groups in total. The van der Waals surface area contributed by atoms with E-state index >= 15 is 0 Å². The summed E-state index contributed by atoms with van der Waals surface area (Å²) in [5.41, 5.74) is 9.19. The molecule has 0 saturated carbocycles. The Morgan fingerprint density at radius 1 is 1.40 bits per heavy atom. The smallest absolute Gasteiger partial charge is 0.154 e. The van der Waals surface area contributed by atoms with Crippen LogP contribution in [0.1, 0.15) is 35.6 Å². The Labute approximate surface area is 121 Å². The van der Waals surface area contributed by atoms with Gasteiger partial charge in [0.25, 0.3) is 0 Å². The van der Waals surface area contributed by atoms with Gasteiger partial charge < -0.3 is 10.5 Å². The quantitative estimate of drug-likeness (QED) is 0.901. The molecule has 0 amide bonds. The lowest BCUT2D eigenvalue weighted by molar-refractivity contribution is 0.127. The molecule has 1 aliphatic heterocycles. The van der Waals surface area contributed by atoms with Crippen molar-refractivity contribution in [2.45, 2.75) is 38.8 Å². The minimum absolute atomic E-state index is 0.0171. The minimum Gasteiger partial charge on any atom is -0.377 e. The summed E-state index contributed by atoms with van der Waals surface area (Å²) in [6, 6.07) is 5.45. The molecule has 0 bridgehead atoms. The number of ether oxygens (including phenoxy) is 1. The maximum absolute atomic E-state index is 12.2. The summed E-state index contributed by atoms with van der Waals surface area (Å²) in [7, 11) is -3.19. The molecule has 20 heavy (non-hydrogen) atoms. The summed E-state index contributed by atoms with van der Waals surface area (Å²) in [6.07, 6.45) is 1.63. The highest BCUT2D eigenvalue weighted by molar-refractivity contribution is 7.91. The molecule has 0 spiro atoms. The van der Waals surface area contributed by atoms with E-state index in [-0.39, 0.29) is 17.6 Å². The van der Waals surface area contributed by atoms with E-state index in [1.165, 1.54) is 0 Å². The number of nitrogens with two attached hydrogens (primary N) is 1. The number of aryl methyl sites for hydroxylation is 2. The zero-order valence-electron chi connectivity index (χ0n) is 12.1. The fourth-order valence-corrected chi connectivity index (χ4v) is 4.42. The highest BCUT2D eigenvalue weighted by Crippen LogP contribution is 2.21. The van der Waals surface area contributed by atoms with Crippen LogP contribution in [0.2, 0.25) is 0 Å². The van der Waals surface area contributed by atoms with Crippen molar-refractivity contribution < 1.29 is 13.2 Å². The minimum atomic E-state index is -3.19. The number of sulfone groups is 1. The lowest BCUT2D eigenvalue weighted by Gasteiger charge is -2.17. The van der Waals surface area contributed by atoms with Gasteiger partial charge >= 0.3 is 0 Å². The molecule has 112 valence electrons. The summed E-state index contributed by atoms with van der Waals surface area (Å²) >= 11 is 0. The molecule has 5 heteroatoms. The van der Waals surface area contributed by atoms with Gasteiger partial charge in [0.15, 0.2) is 9.84 Å². The van der Waals surface area contributed by atoms with E-state index in [1.807, 2.05) is 32.0 Å². The molecule has 1 fully saturated rings. The number of benzene rings is 1. The van der Waals surface area contributed by atoms with Crippen LogP contribution in [0.3, 0.4) is 0 Å². The van der Waals surface area contributed by atoms with Crippen molar-refractivity contribution in [3.63, 3.8) is 0 Å². The molecule has 1 aromatic carbocycles. The lowest BCUT2D eigenvalue weighted by Crippen LogP contribution is -2.28. The molecule has 0 aliphatic carbocycles. The maximum atomic E-state index is 12.2. The van der Waals surface area contributed by atoms with Crippen molar-refractivity contribution in [3.05, 3.63) is 34.9 Å².